The van der Waals surface area contributed by atoms with Crippen LogP contribution in [0.25, 0.3) is 21.9 Å². The quantitative estimate of drug-likeness (QED) is 0.392. The fourth-order valence-electron chi connectivity index (χ4n) is 3.61. The molecule has 2 heterocycles. The Morgan fingerprint density at radius 1 is 0.833 bits per heavy atom. The normalized spacial score (nSPS) is 11.4. The van der Waals surface area contributed by atoms with Crippen LogP contribution < -0.4 is 5.56 Å². The van der Waals surface area contributed by atoms with Crippen molar-refractivity contribution in [3.63, 3.8) is 0 Å². The third-order valence-corrected chi connectivity index (χ3v) is 5.54. The minimum absolute atomic E-state index is 0.154. The van der Waals surface area contributed by atoms with E-state index in [1.807, 2.05) is 36.4 Å². The van der Waals surface area contributed by atoms with E-state index in [0.717, 1.165) is 22.4 Å². The second kappa shape index (κ2) is 7.59. The number of benzene rings is 3. The highest BCUT2D eigenvalue weighted by Gasteiger charge is 2.14. The zero-order chi connectivity index (χ0) is 20.7. The van der Waals surface area contributed by atoms with E-state index in [1.165, 1.54) is 0 Å². The number of halogens is 2. The molecule has 5 rings (SSSR count). The van der Waals surface area contributed by atoms with E-state index >= 15 is 0 Å². The van der Waals surface area contributed by atoms with Crippen LogP contribution in [-0.2, 0) is 13.1 Å². The molecule has 0 saturated heterocycles. The fourth-order valence-corrected chi connectivity index (χ4v) is 3.95. The van der Waals surface area contributed by atoms with Gasteiger partial charge in [0.2, 0.25) is 0 Å². The molecule has 5 nitrogen and oxygen atoms in total. The first kappa shape index (κ1) is 18.9. The number of hydrogen-bond donors (Lipinski definition) is 0. The molecule has 0 saturated carbocycles. The van der Waals surface area contributed by atoms with Crippen molar-refractivity contribution >= 4 is 45.1 Å². The van der Waals surface area contributed by atoms with Gasteiger partial charge >= 0.3 is 0 Å². The Kier molecular flexibility index (Phi) is 4.77. The van der Waals surface area contributed by atoms with E-state index in [0.29, 0.717) is 27.5 Å². The number of hydrogen-bond acceptors (Lipinski definition) is 3. The van der Waals surface area contributed by atoms with Crippen molar-refractivity contribution in [2.75, 3.05) is 0 Å². The fraction of sp³-hybridized carbons (Fsp3) is 0.0870. The monoisotopic (exact) mass is 434 g/mol. The van der Waals surface area contributed by atoms with Crippen LogP contribution in [-0.4, -0.2) is 19.1 Å². The first-order valence-corrected chi connectivity index (χ1v) is 10.2. The highest BCUT2D eigenvalue weighted by Crippen LogP contribution is 2.22. The summed E-state index contributed by atoms with van der Waals surface area (Å²) >= 11 is 12.3. The maximum absolute atomic E-state index is 13.0. The molecule has 3 aromatic carbocycles. The molecule has 0 amide bonds. The van der Waals surface area contributed by atoms with Gasteiger partial charge in [0.25, 0.3) is 5.56 Å². The van der Waals surface area contributed by atoms with Crippen LogP contribution in [0.2, 0.25) is 10.0 Å². The van der Waals surface area contributed by atoms with Crippen molar-refractivity contribution in [3.05, 3.63) is 105 Å². The molecule has 148 valence electrons. The first-order chi connectivity index (χ1) is 14.6. The lowest BCUT2D eigenvalue weighted by molar-refractivity contribution is 0.657. The van der Waals surface area contributed by atoms with Crippen molar-refractivity contribution in [2.24, 2.45) is 0 Å². The van der Waals surface area contributed by atoms with Crippen molar-refractivity contribution < 1.29 is 0 Å². The van der Waals surface area contributed by atoms with Crippen LogP contribution >= 0.6 is 23.2 Å². The molecule has 5 aromatic rings. The summed E-state index contributed by atoms with van der Waals surface area (Å²) in [6, 6.07) is 20.9. The van der Waals surface area contributed by atoms with Crippen molar-refractivity contribution in [1.82, 2.24) is 19.1 Å². The summed E-state index contributed by atoms with van der Waals surface area (Å²) in [7, 11) is 0. The predicted octanol–water partition coefficient (Wildman–Crippen LogP) is 5.15. The molecule has 0 N–H and O–H groups in total. The summed E-state index contributed by atoms with van der Waals surface area (Å²) in [6.07, 6.45) is 1.55. The van der Waals surface area contributed by atoms with Crippen molar-refractivity contribution in [2.45, 2.75) is 13.1 Å². The minimum Gasteiger partial charge on any atom is -0.322 e. The second-order valence-corrected chi connectivity index (χ2v) is 7.94. The van der Waals surface area contributed by atoms with Crippen LogP contribution in [0.15, 0.2) is 77.9 Å². The molecular weight excluding hydrogens is 419 g/mol. The van der Waals surface area contributed by atoms with Gasteiger partial charge in [-0.1, -0.05) is 53.5 Å². The topological polar surface area (TPSA) is 52.7 Å². The van der Waals surface area contributed by atoms with Gasteiger partial charge < -0.3 is 4.57 Å². The average molecular weight is 435 g/mol. The first-order valence-electron chi connectivity index (χ1n) is 9.42. The largest absolute Gasteiger partial charge is 0.322 e. The summed E-state index contributed by atoms with van der Waals surface area (Å²) in [5.41, 5.74) is 3.36. The van der Waals surface area contributed by atoms with Crippen LogP contribution in [0, 0.1) is 0 Å². The minimum atomic E-state index is -0.154. The van der Waals surface area contributed by atoms with E-state index in [2.05, 4.69) is 21.7 Å². The molecule has 7 heteroatoms. The molecule has 2 aromatic heterocycles. The highest BCUT2D eigenvalue weighted by atomic mass is 35.5. The van der Waals surface area contributed by atoms with Gasteiger partial charge in [0.15, 0.2) is 0 Å². The Labute approximate surface area is 182 Å². The smallest absolute Gasteiger partial charge is 0.261 e. The van der Waals surface area contributed by atoms with Crippen molar-refractivity contribution in [3.8, 4) is 0 Å². The van der Waals surface area contributed by atoms with Gasteiger partial charge in [-0.3, -0.25) is 9.36 Å². The molecule has 0 aliphatic rings. The van der Waals surface area contributed by atoms with E-state index < -0.39 is 0 Å². The third-order valence-electron chi connectivity index (χ3n) is 5.07. The Morgan fingerprint density at radius 2 is 1.60 bits per heavy atom. The summed E-state index contributed by atoms with van der Waals surface area (Å²) in [5.74, 6) is 0.751. The molecule has 0 atom stereocenters. The van der Waals surface area contributed by atoms with Gasteiger partial charge in [-0.15, -0.1) is 0 Å². The van der Waals surface area contributed by atoms with Gasteiger partial charge in [-0.25, -0.2) is 9.97 Å². The van der Waals surface area contributed by atoms with Crippen LogP contribution in [0.3, 0.4) is 0 Å². The lowest BCUT2D eigenvalue weighted by Gasteiger charge is -2.11. The van der Waals surface area contributed by atoms with Crippen molar-refractivity contribution in [1.29, 1.82) is 0 Å². The number of aromatic nitrogens is 4. The van der Waals surface area contributed by atoms with Crippen LogP contribution in [0.5, 0.6) is 0 Å². The summed E-state index contributed by atoms with van der Waals surface area (Å²) in [4.78, 5) is 22.2. The van der Waals surface area contributed by atoms with Gasteiger partial charge in [0.05, 0.1) is 34.8 Å². The Balaban J connectivity index is 1.63. The Hall–Kier alpha value is -3.15. The van der Waals surface area contributed by atoms with Crippen LogP contribution in [0.4, 0.5) is 0 Å². The Morgan fingerprint density at radius 3 is 2.43 bits per heavy atom. The maximum atomic E-state index is 13.0. The van der Waals surface area contributed by atoms with E-state index in [-0.39, 0.29) is 12.1 Å². The second-order valence-electron chi connectivity index (χ2n) is 7.07. The zero-order valence-corrected chi connectivity index (χ0v) is 17.3. The van der Waals surface area contributed by atoms with E-state index in [1.54, 1.807) is 29.1 Å². The molecule has 0 spiro atoms. The predicted molar refractivity (Wildman–Crippen MR) is 120 cm³/mol. The molecule has 30 heavy (non-hydrogen) atoms. The maximum Gasteiger partial charge on any atom is 0.261 e. The number of imidazole rings is 1. The Bertz CT molecular complexity index is 1440. The lowest BCUT2D eigenvalue weighted by Crippen LogP contribution is -2.23. The molecule has 0 radical (unpaired) electrons. The van der Waals surface area contributed by atoms with E-state index in [4.69, 9.17) is 28.2 Å². The zero-order valence-electron chi connectivity index (χ0n) is 15.8. The average Bonchev–Trinajstić information content (AvgIpc) is 3.07. The molecule has 0 aliphatic carbocycles. The molecule has 0 aliphatic heterocycles. The lowest BCUT2D eigenvalue weighted by atomic mass is 10.2. The summed E-state index contributed by atoms with van der Waals surface area (Å²) in [5, 5.41) is 1.61. The van der Waals surface area contributed by atoms with Gasteiger partial charge in [-0.05, 0) is 42.0 Å². The number of nitrogens with zero attached hydrogens (tertiary/aromatic N) is 4. The summed E-state index contributed by atoms with van der Waals surface area (Å²) < 4.78 is 3.67. The molecule has 0 bridgehead atoms. The SMILES string of the molecule is O=c1c2cc(Cl)ccc2ncn1Cc1nc2cc(Cl)ccc2n1Cc1ccccc1. The van der Waals surface area contributed by atoms with E-state index in [9.17, 15) is 4.79 Å². The van der Waals surface area contributed by atoms with Gasteiger partial charge in [0.1, 0.15) is 5.82 Å². The molecular formula is C23H16Cl2N4O. The molecule has 0 fully saturated rings. The standard InChI is InChI=1S/C23H16Cl2N4O/c24-16-6-8-19-18(10-16)23(30)28(14-26-19)13-22-27-20-11-17(25)7-9-21(20)29(22)12-15-4-2-1-3-5-15/h1-11,14H,12-13H2. The van der Waals surface area contributed by atoms with Crippen LogP contribution in [0.1, 0.15) is 11.4 Å². The summed E-state index contributed by atoms with van der Waals surface area (Å²) in [6.45, 7) is 0.920. The third kappa shape index (κ3) is 3.47. The number of fused-ring (bicyclic) bond motifs is 2. The van der Waals surface area contributed by atoms with Gasteiger partial charge in [0, 0.05) is 16.6 Å². The number of rotatable bonds is 4. The molecule has 0 unspecified atom stereocenters. The van der Waals surface area contributed by atoms with Gasteiger partial charge in [-0.2, -0.15) is 0 Å². The highest BCUT2D eigenvalue weighted by molar-refractivity contribution is 6.31.